The normalized spacial score (nSPS) is 46.7. The summed E-state index contributed by atoms with van der Waals surface area (Å²) in [5, 5.41) is 0. The zero-order valence-electron chi connectivity index (χ0n) is 11.2. The van der Waals surface area contributed by atoms with Crippen LogP contribution in [0.15, 0.2) is 12.2 Å². The summed E-state index contributed by atoms with van der Waals surface area (Å²) in [5.74, 6) is -7.01. The number of alkyl halides is 5. The summed E-state index contributed by atoms with van der Waals surface area (Å²) < 4.78 is 78.6. The van der Waals surface area contributed by atoms with Crippen LogP contribution in [0.5, 0.6) is 0 Å². The van der Waals surface area contributed by atoms with Gasteiger partial charge in [-0.25, -0.2) is 0 Å². The monoisotopic (exact) mass is 312 g/mol. The van der Waals surface area contributed by atoms with Gasteiger partial charge < -0.3 is 9.47 Å². The topological polar surface area (TPSA) is 35.5 Å². The highest BCUT2D eigenvalue weighted by Gasteiger charge is 2.88. The quantitative estimate of drug-likeness (QED) is 0.424. The van der Waals surface area contributed by atoms with Crippen LogP contribution in [-0.4, -0.2) is 35.4 Å². The number of rotatable bonds is 1. The number of hydrogen-bond donors (Lipinski definition) is 0. The van der Waals surface area contributed by atoms with Crippen molar-refractivity contribution in [3.8, 4) is 0 Å². The van der Waals surface area contributed by atoms with Gasteiger partial charge in [0.15, 0.2) is 0 Å². The van der Waals surface area contributed by atoms with Crippen LogP contribution in [0.3, 0.4) is 0 Å². The SMILES string of the molecule is CC(=O)OC12C3C=CC(C3)C1OC(C)(C(F)(F)F)C2(F)F. The molecule has 1 aliphatic heterocycles. The van der Waals surface area contributed by atoms with Gasteiger partial charge in [0.05, 0.1) is 0 Å². The third-order valence-corrected chi connectivity index (χ3v) is 4.79. The predicted molar refractivity (Wildman–Crippen MR) is 59.5 cm³/mol. The highest BCUT2D eigenvalue weighted by molar-refractivity contribution is 5.67. The Labute approximate surface area is 117 Å². The Morgan fingerprint density at radius 3 is 2.48 bits per heavy atom. The van der Waals surface area contributed by atoms with Crippen molar-refractivity contribution in [2.45, 2.75) is 49.7 Å². The Bertz CT molecular complexity index is 528. The average Bonchev–Trinajstić information content (AvgIpc) is 2.92. The van der Waals surface area contributed by atoms with Gasteiger partial charge in [0.2, 0.25) is 11.2 Å². The van der Waals surface area contributed by atoms with Crippen molar-refractivity contribution in [3.05, 3.63) is 12.2 Å². The zero-order chi connectivity index (χ0) is 15.8. The molecule has 1 saturated carbocycles. The average molecular weight is 312 g/mol. The summed E-state index contributed by atoms with van der Waals surface area (Å²) in [4.78, 5) is 11.2. The minimum Gasteiger partial charge on any atom is -0.449 e. The third-order valence-electron chi connectivity index (χ3n) is 4.79. The molecule has 0 radical (unpaired) electrons. The number of carbonyl (C=O) groups is 1. The largest absolute Gasteiger partial charge is 0.449 e. The fourth-order valence-corrected chi connectivity index (χ4v) is 3.77. The van der Waals surface area contributed by atoms with Crippen LogP contribution in [0.1, 0.15) is 20.3 Å². The molecule has 1 heterocycles. The minimum absolute atomic E-state index is 0.196. The van der Waals surface area contributed by atoms with Crippen molar-refractivity contribution < 1.29 is 36.2 Å². The lowest BCUT2D eigenvalue weighted by atomic mass is 9.76. The van der Waals surface area contributed by atoms with Crippen molar-refractivity contribution in [3.63, 3.8) is 0 Å². The van der Waals surface area contributed by atoms with Gasteiger partial charge in [0, 0.05) is 18.8 Å². The van der Waals surface area contributed by atoms with E-state index in [1.165, 1.54) is 6.08 Å². The Morgan fingerprint density at radius 1 is 1.33 bits per heavy atom. The lowest BCUT2D eigenvalue weighted by Crippen LogP contribution is -2.65. The van der Waals surface area contributed by atoms with Crippen molar-refractivity contribution in [2.24, 2.45) is 11.8 Å². The lowest BCUT2D eigenvalue weighted by molar-refractivity contribution is -0.326. The van der Waals surface area contributed by atoms with Gasteiger partial charge in [0.25, 0.3) is 0 Å². The summed E-state index contributed by atoms with van der Waals surface area (Å²) in [6.07, 6.45) is -3.63. The van der Waals surface area contributed by atoms with Gasteiger partial charge in [-0.2, -0.15) is 22.0 Å². The van der Waals surface area contributed by atoms with Crippen LogP contribution < -0.4 is 0 Å². The van der Waals surface area contributed by atoms with E-state index in [-0.39, 0.29) is 6.42 Å². The van der Waals surface area contributed by atoms with E-state index in [2.05, 4.69) is 0 Å². The molecule has 3 nitrogen and oxygen atoms in total. The minimum atomic E-state index is -5.28. The molecule has 0 aromatic rings. The molecule has 21 heavy (non-hydrogen) atoms. The Kier molecular flexibility index (Phi) is 2.65. The molecule has 0 N–H and O–H groups in total. The van der Waals surface area contributed by atoms with Gasteiger partial charge in [-0.15, -0.1) is 0 Å². The Morgan fingerprint density at radius 2 is 1.95 bits per heavy atom. The Balaban J connectivity index is 2.17. The molecule has 0 spiro atoms. The number of fused-ring (bicyclic) bond motifs is 5. The number of carbonyl (C=O) groups excluding carboxylic acids is 1. The molecule has 5 atom stereocenters. The number of esters is 1. The molecule has 1 saturated heterocycles. The van der Waals surface area contributed by atoms with Crippen LogP contribution in [0, 0.1) is 11.8 Å². The first-order chi connectivity index (χ1) is 9.47. The molecule has 118 valence electrons. The number of hydrogen-bond acceptors (Lipinski definition) is 3. The molecule has 0 amide bonds. The highest BCUT2D eigenvalue weighted by atomic mass is 19.4. The van der Waals surface area contributed by atoms with E-state index in [4.69, 9.17) is 9.47 Å². The summed E-state index contributed by atoms with van der Waals surface area (Å²) in [6, 6.07) is 0. The summed E-state index contributed by atoms with van der Waals surface area (Å²) in [6.45, 7) is 1.22. The molecule has 0 aromatic carbocycles. The molecule has 2 bridgehead atoms. The molecule has 8 heteroatoms. The van der Waals surface area contributed by atoms with Gasteiger partial charge >= 0.3 is 18.1 Å². The summed E-state index contributed by atoms with van der Waals surface area (Å²) in [5.41, 5.74) is -6.26. The van der Waals surface area contributed by atoms with E-state index in [1.54, 1.807) is 6.08 Å². The molecular weight excluding hydrogens is 299 g/mol. The molecule has 2 aliphatic carbocycles. The maximum absolute atomic E-state index is 14.8. The van der Waals surface area contributed by atoms with Crippen LogP contribution in [0.4, 0.5) is 22.0 Å². The van der Waals surface area contributed by atoms with Crippen LogP contribution >= 0.6 is 0 Å². The van der Waals surface area contributed by atoms with Gasteiger partial charge in [0.1, 0.15) is 6.10 Å². The summed E-state index contributed by atoms with van der Waals surface area (Å²) >= 11 is 0. The maximum Gasteiger partial charge on any atom is 0.423 e. The summed E-state index contributed by atoms with van der Waals surface area (Å²) in [7, 11) is 0. The first-order valence-corrected chi connectivity index (χ1v) is 6.47. The van der Waals surface area contributed by atoms with E-state index in [0.29, 0.717) is 6.92 Å². The number of ether oxygens (including phenoxy) is 2. The third kappa shape index (κ3) is 1.44. The molecule has 3 rings (SSSR count). The fourth-order valence-electron chi connectivity index (χ4n) is 3.77. The molecule has 5 unspecified atom stereocenters. The van der Waals surface area contributed by atoms with Crippen molar-refractivity contribution >= 4 is 5.97 Å². The van der Waals surface area contributed by atoms with E-state index < -0.39 is 47.2 Å². The van der Waals surface area contributed by atoms with Crippen molar-refractivity contribution in [1.29, 1.82) is 0 Å². The molecule has 3 aliphatic rings. The lowest BCUT2D eigenvalue weighted by Gasteiger charge is -2.41. The van der Waals surface area contributed by atoms with Crippen LogP contribution in [-0.2, 0) is 14.3 Å². The van der Waals surface area contributed by atoms with E-state index in [1.807, 2.05) is 0 Å². The van der Waals surface area contributed by atoms with E-state index in [9.17, 15) is 26.7 Å². The first-order valence-electron chi connectivity index (χ1n) is 6.47. The number of halogens is 5. The van der Waals surface area contributed by atoms with E-state index >= 15 is 0 Å². The first kappa shape index (κ1) is 14.7. The molecular formula is C13H13F5O3. The fraction of sp³-hybridized carbons (Fsp3) is 0.769. The van der Waals surface area contributed by atoms with Gasteiger partial charge in [-0.05, 0) is 13.3 Å². The standard InChI is InChI=1S/C13H13F5O3/c1-6(19)20-11-8-4-3-7(5-8)9(11)21-10(2,12(11,14)15)13(16,17)18/h3-4,7-9H,5H2,1-2H3. The second kappa shape index (κ2) is 3.77. The van der Waals surface area contributed by atoms with Crippen LogP contribution in [0.25, 0.3) is 0 Å². The van der Waals surface area contributed by atoms with Crippen molar-refractivity contribution in [1.82, 2.24) is 0 Å². The highest BCUT2D eigenvalue weighted by Crippen LogP contribution is 2.67. The second-order valence-electron chi connectivity index (χ2n) is 5.92. The zero-order valence-corrected chi connectivity index (χ0v) is 11.2. The van der Waals surface area contributed by atoms with Crippen LogP contribution in [0.2, 0.25) is 0 Å². The maximum atomic E-state index is 14.8. The van der Waals surface area contributed by atoms with Crippen molar-refractivity contribution in [2.75, 3.05) is 0 Å². The van der Waals surface area contributed by atoms with E-state index in [0.717, 1.165) is 6.92 Å². The smallest absolute Gasteiger partial charge is 0.423 e. The van der Waals surface area contributed by atoms with Gasteiger partial charge in [-0.1, -0.05) is 12.2 Å². The van der Waals surface area contributed by atoms with Gasteiger partial charge in [-0.3, -0.25) is 4.79 Å². The molecule has 0 aromatic heterocycles. The Hall–Kier alpha value is -1.18. The predicted octanol–water partition coefficient (Wildman–Crippen LogP) is 2.85. The second-order valence-corrected chi connectivity index (χ2v) is 5.92. The molecule has 2 fully saturated rings.